The van der Waals surface area contributed by atoms with E-state index in [9.17, 15) is 19.7 Å². The van der Waals surface area contributed by atoms with E-state index in [1.54, 1.807) is 0 Å². The third-order valence-electron chi connectivity index (χ3n) is 7.20. The number of halogens is 1. The Labute approximate surface area is 206 Å². The average Bonchev–Trinajstić information content (AvgIpc) is 3.50. The van der Waals surface area contributed by atoms with E-state index in [1.165, 1.54) is 18.2 Å². The lowest BCUT2D eigenvalue weighted by Crippen LogP contribution is -2.33. The first-order valence-corrected chi connectivity index (χ1v) is 11.7. The van der Waals surface area contributed by atoms with Crippen LogP contribution in [0.5, 0.6) is 0 Å². The van der Waals surface area contributed by atoms with Crippen molar-refractivity contribution in [3.63, 3.8) is 0 Å². The molecule has 0 radical (unpaired) electrons. The highest BCUT2D eigenvalue weighted by Gasteiger charge is 2.63. The van der Waals surface area contributed by atoms with Gasteiger partial charge in [-0.15, -0.1) is 0 Å². The van der Waals surface area contributed by atoms with E-state index < -0.39 is 28.6 Å². The number of rotatable bonds is 4. The Hall–Kier alpha value is -4.03. The number of fused-ring (bicyclic) bond motifs is 5. The third kappa shape index (κ3) is 3.17. The van der Waals surface area contributed by atoms with Gasteiger partial charge in [-0.25, -0.2) is 4.90 Å². The van der Waals surface area contributed by atoms with E-state index in [2.05, 4.69) is 0 Å². The first-order chi connectivity index (χ1) is 17.0. The molecule has 6 nitrogen and oxygen atoms in total. The fraction of sp³-hybridized carbons (Fsp3) is 0.143. The number of nitro groups is 1. The van der Waals surface area contributed by atoms with Crippen molar-refractivity contribution < 1.29 is 14.5 Å². The van der Waals surface area contributed by atoms with Gasteiger partial charge in [-0.05, 0) is 34.4 Å². The van der Waals surface area contributed by atoms with Crippen LogP contribution in [0.25, 0.3) is 5.57 Å². The lowest BCUT2D eigenvalue weighted by atomic mass is 9.85. The molecule has 1 aliphatic heterocycles. The normalized spacial score (nSPS) is 24.3. The maximum Gasteiger partial charge on any atom is 0.294 e. The van der Waals surface area contributed by atoms with Crippen LogP contribution in [0, 0.1) is 33.8 Å². The number of nitro benzene ring substituents is 1. The maximum atomic E-state index is 13.7. The number of nitrogens with zero attached hydrogens (tertiary/aromatic N) is 2. The summed E-state index contributed by atoms with van der Waals surface area (Å²) >= 11 is 5.95. The number of allylic oxidation sites excluding steroid dienone is 3. The van der Waals surface area contributed by atoms with Gasteiger partial charge in [-0.1, -0.05) is 84.4 Å². The number of hydrogen-bond acceptors (Lipinski definition) is 4. The summed E-state index contributed by atoms with van der Waals surface area (Å²) in [5.41, 5.74) is 3.76. The standard InChI is InChI=1S/C28H19ClN2O4/c29-18-11-14-21(22(15-18)31(34)35)30-27(32)25-19-12-13-20(26(25)28(30)33)24(19)23(16-7-3-1-4-8-16)17-9-5-2-6-10-17/h1-15,19-20,25-26H/t19-,20-,25-,26-/m0/s1. The van der Waals surface area contributed by atoms with E-state index in [1.807, 2.05) is 72.8 Å². The number of carbonyl (C=O) groups excluding carboxylic acids is 2. The molecule has 3 aromatic carbocycles. The van der Waals surface area contributed by atoms with Crippen LogP contribution in [0.3, 0.4) is 0 Å². The molecule has 0 spiro atoms. The Morgan fingerprint density at radius 2 is 1.31 bits per heavy atom. The molecule has 6 rings (SSSR count). The molecule has 2 fully saturated rings. The second-order valence-electron chi connectivity index (χ2n) is 8.95. The lowest BCUT2D eigenvalue weighted by Gasteiger charge is -2.21. The quantitative estimate of drug-likeness (QED) is 0.207. The molecule has 2 bridgehead atoms. The fourth-order valence-corrected chi connectivity index (χ4v) is 6.04. The van der Waals surface area contributed by atoms with Crippen molar-refractivity contribution in [2.75, 3.05) is 4.90 Å². The number of imide groups is 1. The van der Waals surface area contributed by atoms with E-state index in [0.29, 0.717) is 0 Å². The van der Waals surface area contributed by atoms with Crippen molar-refractivity contribution in [3.05, 3.63) is 123 Å². The van der Waals surface area contributed by atoms with Crippen LogP contribution in [0.15, 0.2) is 96.6 Å². The molecule has 3 aromatic rings. The number of benzene rings is 3. The summed E-state index contributed by atoms with van der Waals surface area (Å²) in [5, 5.41) is 11.8. The Bertz CT molecular complexity index is 1370. The molecule has 1 saturated carbocycles. The Morgan fingerprint density at radius 1 is 0.800 bits per heavy atom. The van der Waals surface area contributed by atoms with Crippen molar-refractivity contribution >= 4 is 40.4 Å². The first-order valence-electron chi connectivity index (χ1n) is 11.3. The summed E-state index contributed by atoms with van der Waals surface area (Å²) in [6.45, 7) is 0. The van der Waals surface area contributed by atoms with Gasteiger partial charge in [0.15, 0.2) is 0 Å². The maximum absolute atomic E-state index is 13.7. The predicted octanol–water partition coefficient (Wildman–Crippen LogP) is 5.67. The van der Waals surface area contributed by atoms with Gasteiger partial charge in [0, 0.05) is 22.9 Å². The van der Waals surface area contributed by atoms with Crippen molar-refractivity contribution in [1.29, 1.82) is 0 Å². The molecule has 172 valence electrons. The smallest absolute Gasteiger partial charge is 0.274 e. The predicted molar refractivity (Wildman–Crippen MR) is 133 cm³/mol. The van der Waals surface area contributed by atoms with Gasteiger partial charge in [-0.3, -0.25) is 19.7 Å². The lowest BCUT2D eigenvalue weighted by molar-refractivity contribution is -0.384. The van der Waals surface area contributed by atoms with Gasteiger partial charge in [0.1, 0.15) is 5.69 Å². The summed E-state index contributed by atoms with van der Waals surface area (Å²) in [5.74, 6) is -2.50. The minimum Gasteiger partial charge on any atom is -0.274 e. The number of carbonyl (C=O) groups is 2. The zero-order chi connectivity index (χ0) is 24.3. The minimum absolute atomic E-state index is 0.0277. The highest BCUT2D eigenvalue weighted by atomic mass is 35.5. The number of anilines is 1. The topological polar surface area (TPSA) is 80.5 Å². The van der Waals surface area contributed by atoms with Crippen molar-refractivity contribution in [2.45, 2.75) is 0 Å². The van der Waals surface area contributed by atoms with Crippen LogP contribution in [0.1, 0.15) is 11.1 Å². The second-order valence-corrected chi connectivity index (χ2v) is 9.39. The van der Waals surface area contributed by atoms with E-state index in [0.717, 1.165) is 27.2 Å². The largest absolute Gasteiger partial charge is 0.294 e. The molecule has 35 heavy (non-hydrogen) atoms. The van der Waals surface area contributed by atoms with Crippen LogP contribution in [-0.2, 0) is 9.59 Å². The van der Waals surface area contributed by atoms with Crippen LogP contribution in [0.4, 0.5) is 11.4 Å². The second kappa shape index (κ2) is 8.03. The first kappa shape index (κ1) is 21.5. The molecule has 3 aliphatic rings. The molecule has 2 aliphatic carbocycles. The SMILES string of the molecule is O=C1[C@@H]2[C@@H](C(=O)N1c1ccc(Cl)cc1[N+](=O)[O-])[C@H]1C=C[C@H]2C1=C(c1ccccc1)c1ccccc1. The fourth-order valence-electron chi connectivity index (χ4n) is 5.88. The monoisotopic (exact) mass is 482 g/mol. The summed E-state index contributed by atoms with van der Waals surface area (Å²) in [6.07, 6.45) is 4.02. The number of amides is 2. The molecule has 1 saturated heterocycles. The Balaban J connectivity index is 1.49. The summed E-state index contributed by atoms with van der Waals surface area (Å²) in [7, 11) is 0. The van der Waals surface area contributed by atoms with Crippen molar-refractivity contribution in [1.82, 2.24) is 0 Å². The van der Waals surface area contributed by atoms with Crippen molar-refractivity contribution in [3.8, 4) is 0 Å². The molecule has 0 unspecified atom stereocenters. The molecule has 4 atom stereocenters. The summed E-state index contributed by atoms with van der Waals surface area (Å²) in [6, 6.07) is 24.0. The molecule has 1 heterocycles. The highest BCUT2D eigenvalue weighted by Crippen LogP contribution is 2.59. The molecule has 7 heteroatoms. The van der Waals surface area contributed by atoms with E-state index in [-0.39, 0.29) is 28.2 Å². The van der Waals surface area contributed by atoms with Gasteiger partial charge >= 0.3 is 0 Å². The van der Waals surface area contributed by atoms with E-state index >= 15 is 0 Å². The van der Waals surface area contributed by atoms with Gasteiger partial charge in [0.05, 0.1) is 16.8 Å². The summed E-state index contributed by atoms with van der Waals surface area (Å²) in [4.78, 5) is 39.4. The van der Waals surface area contributed by atoms with Crippen molar-refractivity contribution in [2.24, 2.45) is 23.7 Å². The average molecular weight is 483 g/mol. The summed E-state index contributed by atoms with van der Waals surface area (Å²) < 4.78 is 0. The minimum atomic E-state index is -0.614. The Kier molecular flexibility index (Phi) is 4.93. The molecule has 0 aromatic heterocycles. The van der Waals surface area contributed by atoms with Gasteiger partial charge < -0.3 is 0 Å². The van der Waals surface area contributed by atoms with Crippen LogP contribution in [0.2, 0.25) is 5.02 Å². The molecule has 2 amide bonds. The molecular formula is C28H19ClN2O4. The van der Waals surface area contributed by atoms with Gasteiger partial charge in [0.2, 0.25) is 11.8 Å². The molecule has 0 N–H and O–H groups in total. The van der Waals surface area contributed by atoms with Crippen LogP contribution in [-0.4, -0.2) is 16.7 Å². The van der Waals surface area contributed by atoms with Crippen LogP contribution >= 0.6 is 11.6 Å². The molecular weight excluding hydrogens is 464 g/mol. The zero-order valence-electron chi connectivity index (χ0n) is 18.4. The van der Waals surface area contributed by atoms with Gasteiger partial charge in [0.25, 0.3) is 5.69 Å². The van der Waals surface area contributed by atoms with Crippen LogP contribution < -0.4 is 4.90 Å². The third-order valence-corrected chi connectivity index (χ3v) is 7.44. The van der Waals surface area contributed by atoms with Gasteiger partial charge in [-0.2, -0.15) is 0 Å². The highest BCUT2D eigenvalue weighted by molar-refractivity contribution is 6.31. The van der Waals surface area contributed by atoms with E-state index in [4.69, 9.17) is 11.6 Å². The Morgan fingerprint density at radius 3 is 1.80 bits per heavy atom. The zero-order valence-corrected chi connectivity index (χ0v) is 19.1. The number of hydrogen-bond donors (Lipinski definition) is 0.